The van der Waals surface area contributed by atoms with Gasteiger partial charge in [-0.15, -0.1) is 0 Å². The maximum absolute atomic E-state index is 10.6. The number of likely N-dealkylation sites (tertiary alicyclic amines) is 1. The molecular weight excluding hydrogens is 190 g/mol. The number of carboxylic acid groups (broad SMARTS) is 1. The van der Waals surface area contributed by atoms with Crippen molar-refractivity contribution < 1.29 is 9.90 Å². The minimum Gasteiger partial charge on any atom is -0.481 e. The lowest BCUT2D eigenvalue weighted by Gasteiger charge is -2.42. The first-order valence-corrected chi connectivity index (χ1v) is 5.88. The molecule has 1 aliphatic rings. The number of nitrogens with zero attached hydrogens (tertiary/aromatic N) is 1. The lowest BCUT2D eigenvalue weighted by atomic mass is 9.90. The molecule has 1 N–H and O–H groups in total. The van der Waals surface area contributed by atoms with Gasteiger partial charge in [0, 0.05) is 12.0 Å². The maximum Gasteiger partial charge on any atom is 0.303 e. The summed E-state index contributed by atoms with van der Waals surface area (Å²) in [5, 5.41) is 8.70. The van der Waals surface area contributed by atoms with E-state index in [0.717, 1.165) is 25.4 Å². The Morgan fingerprint density at radius 3 is 2.40 bits per heavy atom. The van der Waals surface area contributed by atoms with Crippen molar-refractivity contribution in [1.29, 1.82) is 0 Å². The molecule has 0 aromatic heterocycles. The second-order valence-electron chi connectivity index (χ2n) is 5.38. The van der Waals surface area contributed by atoms with Crippen LogP contribution in [0.2, 0.25) is 0 Å². The molecule has 3 heteroatoms. The molecule has 0 atom stereocenters. The van der Waals surface area contributed by atoms with Gasteiger partial charge in [-0.05, 0) is 52.1 Å². The fourth-order valence-electron chi connectivity index (χ4n) is 2.18. The van der Waals surface area contributed by atoms with Gasteiger partial charge in [-0.1, -0.05) is 6.92 Å². The number of aliphatic carboxylic acids is 1. The summed E-state index contributed by atoms with van der Waals surface area (Å²) in [7, 11) is 0. The molecule has 0 aromatic carbocycles. The Labute approximate surface area is 92.5 Å². The summed E-state index contributed by atoms with van der Waals surface area (Å²) >= 11 is 0. The molecule has 15 heavy (non-hydrogen) atoms. The van der Waals surface area contributed by atoms with E-state index < -0.39 is 5.97 Å². The minimum atomic E-state index is -0.687. The number of carbonyl (C=O) groups is 1. The lowest BCUT2D eigenvalue weighted by molar-refractivity contribution is -0.137. The first-order chi connectivity index (χ1) is 6.92. The summed E-state index contributed by atoms with van der Waals surface area (Å²) in [6, 6.07) is 0. The predicted octanol–water partition coefficient (Wildman–Crippen LogP) is 2.36. The molecule has 0 saturated carbocycles. The molecule has 88 valence electrons. The Kier molecular flexibility index (Phi) is 4.14. The molecule has 0 spiro atoms. The van der Waals surface area contributed by atoms with Crippen LogP contribution in [0.3, 0.4) is 0 Å². The maximum atomic E-state index is 10.6. The normalized spacial score (nSPS) is 20.5. The van der Waals surface area contributed by atoms with Gasteiger partial charge in [-0.2, -0.15) is 0 Å². The average molecular weight is 213 g/mol. The first-order valence-electron chi connectivity index (χ1n) is 5.88. The Balaban J connectivity index is 2.42. The molecule has 1 aliphatic heterocycles. The van der Waals surface area contributed by atoms with Crippen molar-refractivity contribution in [2.75, 3.05) is 13.1 Å². The monoisotopic (exact) mass is 213 g/mol. The number of hydrogen-bond acceptors (Lipinski definition) is 2. The molecule has 1 fully saturated rings. The molecule has 0 aliphatic carbocycles. The summed E-state index contributed by atoms with van der Waals surface area (Å²) in [6.45, 7) is 8.85. The van der Waals surface area contributed by atoms with Crippen molar-refractivity contribution in [2.45, 2.75) is 52.0 Å². The standard InChI is InChI=1S/C12H23NO2/c1-10-5-8-13(9-6-10)12(2,3)7-4-11(14)15/h10H,4-9H2,1-3H3,(H,14,15). The number of rotatable bonds is 4. The number of hydrogen-bond donors (Lipinski definition) is 1. The third-order valence-electron chi connectivity index (χ3n) is 3.59. The van der Waals surface area contributed by atoms with E-state index in [1.807, 2.05) is 0 Å². The lowest BCUT2D eigenvalue weighted by Crippen LogP contribution is -2.48. The number of piperidine rings is 1. The van der Waals surface area contributed by atoms with Crippen LogP contribution >= 0.6 is 0 Å². The minimum absolute atomic E-state index is 0.0402. The third-order valence-corrected chi connectivity index (χ3v) is 3.59. The highest BCUT2D eigenvalue weighted by atomic mass is 16.4. The molecular formula is C12H23NO2. The summed E-state index contributed by atoms with van der Waals surface area (Å²) in [6.07, 6.45) is 3.52. The van der Waals surface area contributed by atoms with Crippen LogP contribution in [0.25, 0.3) is 0 Å². The van der Waals surface area contributed by atoms with Gasteiger partial charge in [0.2, 0.25) is 0 Å². The van der Waals surface area contributed by atoms with E-state index >= 15 is 0 Å². The fraction of sp³-hybridized carbons (Fsp3) is 0.917. The fourth-order valence-corrected chi connectivity index (χ4v) is 2.18. The van der Waals surface area contributed by atoms with Crippen LogP contribution in [0.1, 0.15) is 46.5 Å². The van der Waals surface area contributed by atoms with Crippen LogP contribution in [-0.2, 0) is 4.79 Å². The van der Waals surface area contributed by atoms with E-state index in [9.17, 15) is 4.79 Å². The van der Waals surface area contributed by atoms with Gasteiger partial charge in [-0.25, -0.2) is 0 Å². The zero-order valence-electron chi connectivity index (χ0n) is 10.1. The topological polar surface area (TPSA) is 40.5 Å². The van der Waals surface area contributed by atoms with Gasteiger partial charge in [0.25, 0.3) is 0 Å². The highest BCUT2D eigenvalue weighted by Gasteiger charge is 2.29. The Morgan fingerprint density at radius 2 is 1.93 bits per heavy atom. The van der Waals surface area contributed by atoms with Crippen LogP contribution in [-0.4, -0.2) is 34.6 Å². The van der Waals surface area contributed by atoms with Crippen LogP contribution < -0.4 is 0 Å². The largest absolute Gasteiger partial charge is 0.481 e. The van der Waals surface area contributed by atoms with Gasteiger partial charge in [0.1, 0.15) is 0 Å². The van der Waals surface area contributed by atoms with Crippen molar-refractivity contribution >= 4 is 5.97 Å². The van der Waals surface area contributed by atoms with E-state index in [1.165, 1.54) is 12.8 Å². The van der Waals surface area contributed by atoms with Crippen LogP contribution in [0.5, 0.6) is 0 Å². The summed E-state index contributed by atoms with van der Waals surface area (Å²) in [5.41, 5.74) is 0.0402. The predicted molar refractivity (Wildman–Crippen MR) is 60.9 cm³/mol. The van der Waals surface area contributed by atoms with E-state index in [0.29, 0.717) is 0 Å². The van der Waals surface area contributed by atoms with Crippen molar-refractivity contribution in [1.82, 2.24) is 4.90 Å². The van der Waals surface area contributed by atoms with E-state index in [2.05, 4.69) is 25.7 Å². The zero-order chi connectivity index (χ0) is 11.5. The molecule has 1 saturated heterocycles. The molecule has 0 bridgehead atoms. The molecule has 0 aromatic rings. The molecule has 1 heterocycles. The van der Waals surface area contributed by atoms with Gasteiger partial charge in [0.15, 0.2) is 0 Å². The molecule has 3 nitrogen and oxygen atoms in total. The quantitative estimate of drug-likeness (QED) is 0.779. The van der Waals surface area contributed by atoms with Crippen molar-refractivity contribution in [2.24, 2.45) is 5.92 Å². The average Bonchev–Trinajstić information content (AvgIpc) is 2.16. The zero-order valence-corrected chi connectivity index (χ0v) is 10.1. The summed E-state index contributed by atoms with van der Waals surface area (Å²) in [5.74, 6) is 0.143. The van der Waals surface area contributed by atoms with Crippen molar-refractivity contribution in [3.05, 3.63) is 0 Å². The van der Waals surface area contributed by atoms with Gasteiger partial charge in [-0.3, -0.25) is 9.69 Å². The van der Waals surface area contributed by atoms with E-state index in [1.54, 1.807) is 0 Å². The first kappa shape index (κ1) is 12.5. The Morgan fingerprint density at radius 1 is 1.40 bits per heavy atom. The highest BCUT2D eigenvalue weighted by molar-refractivity contribution is 5.66. The third kappa shape index (κ3) is 3.82. The van der Waals surface area contributed by atoms with Crippen LogP contribution in [0.15, 0.2) is 0 Å². The molecule has 0 radical (unpaired) electrons. The second-order valence-corrected chi connectivity index (χ2v) is 5.38. The van der Waals surface area contributed by atoms with Crippen molar-refractivity contribution in [3.63, 3.8) is 0 Å². The Bertz CT molecular complexity index is 218. The van der Waals surface area contributed by atoms with Gasteiger partial charge >= 0.3 is 5.97 Å². The van der Waals surface area contributed by atoms with Gasteiger partial charge < -0.3 is 5.11 Å². The van der Waals surface area contributed by atoms with Crippen LogP contribution in [0.4, 0.5) is 0 Å². The smallest absolute Gasteiger partial charge is 0.303 e. The summed E-state index contributed by atoms with van der Waals surface area (Å²) < 4.78 is 0. The highest BCUT2D eigenvalue weighted by Crippen LogP contribution is 2.26. The number of carboxylic acids is 1. The van der Waals surface area contributed by atoms with Crippen molar-refractivity contribution in [3.8, 4) is 0 Å². The molecule has 0 amide bonds. The SMILES string of the molecule is CC1CCN(C(C)(C)CCC(=O)O)CC1. The van der Waals surface area contributed by atoms with E-state index in [4.69, 9.17) is 5.11 Å². The Hall–Kier alpha value is -0.570. The van der Waals surface area contributed by atoms with E-state index in [-0.39, 0.29) is 12.0 Å². The molecule has 0 unspecified atom stereocenters. The van der Waals surface area contributed by atoms with Gasteiger partial charge in [0.05, 0.1) is 0 Å². The second kappa shape index (κ2) is 4.97. The molecule has 1 rings (SSSR count). The van der Waals surface area contributed by atoms with Crippen LogP contribution in [0, 0.1) is 5.92 Å². The summed E-state index contributed by atoms with van der Waals surface area (Å²) in [4.78, 5) is 13.0.